The molecule has 0 aliphatic rings. The summed E-state index contributed by atoms with van der Waals surface area (Å²) in [6.07, 6.45) is -5.41. The van der Waals surface area contributed by atoms with E-state index in [1.165, 1.54) is 5.32 Å². The fraction of sp³-hybridized carbons (Fsp3) is 0.750. The van der Waals surface area contributed by atoms with Crippen LogP contribution in [-0.4, -0.2) is 37.0 Å². The van der Waals surface area contributed by atoms with Gasteiger partial charge in [-0.15, -0.1) is 0 Å². The first-order chi connectivity index (χ1) is 7.63. The van der Waals surface area contributed by atoms with Gasteiger partial charge < -0.3 is 10.6 Å². The van der Waals surface area contributed by atoms with Crippen LogP contribution in [0, 0.1) is 0 Å². The van der Waals surface area contributed by atoms with E-state index in [1.807, 2.05) is 0 Å². The Morgan fingerprint density at radius 2 is 1.59 bits per heavy atom. The lowest BCUT2D eigenvalue weighted by Gasteiger charge is -2.18. The van der Waals surface area contributed by atoms with Crippen LogP contribution in [0.15, 0.2) is 0 Å². The topological polar surface area (TPSA) is 58.2 Å². The first-order valence-electron chi connectivity index (χ1n) is 4.62. The Bertz CT molecular complexity index is 290. The number of hydrogen-bond acceptors (Lipinski definition) is 2. The van der Waals surface area contributed by atoms with Crippen molar-refractivity contribution in [2.45, 2.75) is 25.4 Å². The zero-order valence-electron chi connectivity index (χ0n) is 8.83. The van der Waals surface area contributed by atoms with Crippen molar-refractivity contribution in [2.75, 3.05) is 13.1 Å². The molecule has 100 valence electrons. The predicted molar refractivity (Wildman–Crippen MR) is 47.3 cm³/mol. The molecule has 0 unspecified atom stereocenters. The summed E-state index contributed by atoms with van der Waals surface area (Å²) in [6, 6.07) is 0. The van der Waals surface area contributed by atoms with Crippen LogP contribution in [-0.2, 0) is 9.59 Å². The van der Waals surface area contributed by atoms with E-state index >= 15 is 0 Å². The maximum absolute atomic E-state index is 12.4. The summed E-state index contributed by atoms with van der Waals surface area (Å²) in [5, 5.41) is 3.42. The zero-order valence-corrected chi connectivity index (χ0v) is 8.83. The number of hydrogen-bond donors (Lipinski definition) is 2. The van der Waals surface area contributed by atoms with E-state index in [0.717, 1.165) is 0 Å². The Morgan fingerprint density at radius 3 is 2.00 bits per heavy atom. The highest BCUT2D eigenvalue weighted by molar-refractivity contribution is 5.88. The molecule has 0 bridgehead atoms. The minimum absolute atomic E-state index is 0.240. The highest BCUT2D eigenvalue weighted by Gasteiger charge is 2.63. The van der Waals surface area contributed by atoms with Crippen molar-refractivity contribution in [3.8, 4) is 0 Å². The van der Waals surface area contributed by atoms with E-state index in [0.29, 0.717) is 6.42 Å². The number of alkyl halides is 5. The molecule has 0 fully saturated rings. The second kappa shape index (κ2) is 5.78. The standard InChI is InChI=1S/C8H11F5N2O2/c1-2-3-14-5(16)4-15-6(17)7(9,10)8(11,12)13/h2-4H2,1H3,(H,14,16)(H,15,17). The second-order valence-corrected chi connectivity index (χ2v) is 3.10. The summed E-state index contributed by atoms with van der Waals surface area (Å²) in [7, 11) is 0. The van der Waals surface area contributed by atoms with E-state index in [-0.39, 0.29) is 6.54 Å². The molecule has 17 heavy (non-hydrogen) atoms. The molecule has 9 heteroatoms. The summed E-state index contributed by atoms with van der Waals surface area (Å²) in [6.45, 7) is 1.03. The van der Waals surface area contributed by atoms with Crippen molar-refractivity contribution in [1.82, 2.24) is 10.6 Å². The summed E-state index contributed by atoms with van der Waals surface area (Å²) < 4.78 is 59.8. The van der Waals surface area contributed by atoms with Crippen LogP contribution in [0.25, 0.3) is 0 Å². The third-order valence-corrected chi connectivity index (χ3v) is 1.62. The normalized spacial score (nSPS) is 12.1. The average Bonchev–Trinajstić information content (AvgIpc) is 2.21. The van der Waals surface area contributed by atoms with Gasteiger partial charge in [-0.25, -0.2) is 0 Å². The van der Waals surface area contributed by atoms with E-state index in [9.17, 15) is 31.5 Å². The molecular formula is C8H11F5N2O2. The van der Waals surface area contributed by atoms with Crippen molar-refractivity contribution >= 4 is 11.8 Å². The minimum atomic E-state index is -5.98. The minimum Gasteiger partial charge on any atom is -0.355 e. The predicted octanol–water partition coefficient (Wildman–Crippen LogP) is 0.826. The van der Waals surface area contributed by atoms with E-state index in [1.54, 1.807) is 6.92 Å². The number of halogens is 5. The van der Waals surface area contributed by atoms with Gasteiger partial charge in [-0.1, -0.05) is 6.92 Å². The third-order valence-electron chi connectivity index (χ3n) is 1.62. The van der Waals surface area contributed by atoms with E-state index in [4.69, 9.17) is 0 Å². The first kappa shape index (κ1) is 15.6. The summed E-state index contributed by atoms with van der Waals surface area (Å²) in [5.41, 5.74) is 0. The third kappa shape index (κ3) is 4.53. The Balaban J connectivity index is 4.24. The SMILES string of the molecule is CCCNC(=O)CNC(=O)C(F)(F)C(F)(F)F. The van der Waals surface area contributed by atoms with Crippen LogP contribution < -0.4 is 10.6 Å². The van der Waals surface area contributed by atoms with Gasteiger partial charge in [-0.05, 0) is 6.42 Å². The lowest BCUT2D eigenvalue weighted by Crippen LogP contribution is -2.52. The van der Waals surface area contributed by atoms with Crippen LogP contribution in [0.5, 0.6) is 0 Å². The van der Waals surface area contributed by atoms with Gasteiger partial charge in [0.25, 0.3) is 0 Å². The molecular weight excluding hydrogens is 251 g/mol. The molecule has 0 heterocycles. The fourth-order valence-electron chi connectivity index (χ4n) is 0.727. The number of nitrogens with one attached hydrogen (secondary N) is 2. The Labute approximate surface area is 93.5 Å². The van der Waals surface area contributed by atoms with Gasteiger partial charge in [0.05, 0.1) is 6.54 Å². The number of amides is 2. The van der Waals surface area contributed by atoms with Gasteiger partial charge in [0.15, 0.2) is 0 Å². The Hall–Kier alpha value is -1.41. The van der Waals surface area contributed by atoms with Crippen molar-refractivity contribution in [1.29, 1.82) is 0 Å². The van der Waals surface area contributed by atoms with Gasteiger partial charge in [0.1, 0.15) is 0 Å². The number of rotatable bonds is 5. The number of carbonyl (C=O) groups is 2. The Kier molecular flexibility index (Phi) is 5.30. The van der Waals surface area contributed by atoms with Crippen molar-refractivity contribution in [2.24, 2.45) is 0 Å². The maximum atomic E-state index is 12.4. The van der Waals surface area contributed by atoms with Gasteiger partial charge in [0, 0.05) is 6.54 Å². The molecule has 0 spiro atoms. The number of carbonyl (C=O) groups excluding carboxylic acids is 2. The van der Waals surface area contributed by atoms with Gasteiger partial charge in [0.2, 0.25) is 5.91 Å². The van der Waals surface area contributed by atoms with Crippen LogP contribution in [0.1, 0.15) is 13.3 Å². The molecule has 0 rings (SSSR count). The maximum Gasteiger partial charge on any atom is 0.463 e. The van der Waals surface area contributed by atoms with E-state index in [2.05, 4.69) is 5.32 Å². The second-order valence-electron chi connectivity index (χ2n) is 3.10. The molecule has 0 saturated heterocycles. The molecule has 4 nitrogen and oxygen atoms in total. The van der Waals surface area contributed by atoms with Crippen LogP contribution in [0.2, 0.25) is 0 Å². The average molecular weight is 262 g/mol. The molecule has 0 radical (unpaired) electrons. The molecule has 0 aromatic rings. The van der Waals surface area contributed by atoms with Gasteiger partial charge >= 0.3 is 18.0 Å². The smallest absolute Gasteiger partial charge is 0.355 e. The lowest BCUT2D eigenvalue weighted by molar-refractivity contribution is -0.269. The molecule has 2 N–H and O–H groups in total. The van der Waals surface area contributed by atoms with Crippen molar-refractivity contribution < 1.29 is 31.5 Å². The molecule has 0 aromatic carbocycles. The van der Waals surface area contributed by atoms with Crippen molar-refractivity contribution in [3.63, 3.8) is 0 Å². The zero-order chi connectivity index (χ0) is 13.7. The van der Waals surface area contributed by atoms with Crippen LogP contribution >= 0.6 is 0 Å². The molecule has 0 atom stereocenters. The monoisotopic (exact) mass is 262 g/mol. The lowest BCUT2D eigenvalue weighted by atomic mass is 10.3. The summed E-state index contributed by atoms with van der Waals surface area (Å²) >= 11 is 0. The molecule has 2 amide bonds. The fourth-order valence-corrected chi connectivity index (χ4v) is 0.727. The highest BCUT2D eigenvalue weighted by Crippen LogP contribution is 2.35. The van der Waals surface area contributed by atoms with Gasteiger partial charge in [-0.2, -0.15) is 22.0 Å². The first-order valence-corrected chi connectivity index (χ1v) is 4.62. The largest absolute Gasteiger partial charge is 0.463 e. The van der Waals surface area contributed by atoms with E-state index < -0.39 is 30.5 Å². The molecule has 0 aromatic heterocycles. The van der Waals surface area contributed by atoms with Crippen LogP contribution in [0.3, 0.4) is 0 Å². The quantitative estimate of drug-likeness (QED) is 0.721. The Morgan fingerprint density at radius 1 is 1.06 bits per heavy atom. The summed E-state index contributed by atoms with van der Waals surface area (Å²) in [4.78, 5) is 21.4. The van der Waals surface area contributed by atoms with Crippen molar-refractivity contribution in [3.05, 3.63) is 0 Å². The van der Waals surface area contributed by atoms with Crippen LogP contribution in [0.4, 0.5) is 22.0 Å². The molecule has 0 saturated carbocycles. The van der Waals surface area contributed by atoms with Gasteiger partial charge in [-0.3, -0.25) is 9.59 Å². The summed E-state index contributed by atoms with van der Waals surface area (Å²) in [5.74, 6) is -8.88. The molecule has 0 aliphatic heterocycles. The molecule has 0 aliphatic carbocycles. The highest BCUT2D eigenvalue weighted by atomic mass is 19.4.